The summed E-state index contributed by atoms with van der Waals surface area (Å²) in [6.07, 6.45) is 0. The zero-order valence-electron chi connectivity index (χ0n) is 17.6. The summed E-state index contributed by atoms with van der Waals surface area (Å²) in [4.78, 5) is 52.8. The predicted octanol–water partition coefficient (Wildman–Crippen LogP) is 1.98. The van der Waals surface area contributed by atoms with Gasteiger partial charge < -0.3 is 10.1 Å². The number of hydrogen-bond acceptors (Lipinski definition) is 6. The molecule has 0 radical (unpaired) electrons. The Morgan fingerprint density at radius 3 is 2.09 bits per heavy atom. The van der Waals surface area contributed by atoms with E-state index in [0.717, 1.165) is 4.57 Å². The average molecular weight is 429 g/mol. The second kappa shape index (κ2) is 6.91. The van der Waals surface area contributed by atoms with Crippen LogP contribution in [0.25, 0.3) is 0 Å². The zero-order chi connectivity index (χ0) is 22.7. The normalized spacial score (nSPS) is 16.8. The Morgan fingerprint density at radius 1 is 0.844 bits per heavy atom. The molecule has 3 aromatic rings. The van der Waals surface area contributed by atoms with Crippen LogP contribution < -0.4 is 21.3 Å². The summed E-state index contributed by atoms with van der Waals surface area (Å²) in [5.41, 5.74) is 0.677. The van der Waals surface area contributed by atoms with E-state index in [1.165, 1.54) is 18.7 Å². The second-order valence-electron chi connectivity index (χ2n) is 7.79. The van der Waals surface area contributed by atoms with E-state index in [1.807, 2.05) is 0 Å². The van der Waals surface area contributed by atoms with Crippen LogP contribution >= 0.6 is 0 Å². The lowest BCUT2D eigenvalue weighted by molar-refractivity contribution is 0.0970. The standard InChI is InChI=1S/C24H19N3O5/c1-26-22-18(23(30)27(2)24(26)31)16(12-8-10-13(32-3)11-9-12)17-19(25-22)21(29)15-7-5-4-6-14(15)20(17)28/h4-11,16,25H,1-3H3. The number of nitrogens with one attached hydrogen (secondary N) is 1. The molecule has 2 heterocycles. The van der Waals surface area contributed by atoms with Crippen LogP contribution in [0.1, 0.15) is 37.8 Å². The molecule has 0 saturated heterocycles. The molecule has 0 spiro atoms. The van der Waals surface area contributed by atoms with Crippen LogP contribution in [0, 0.1) is 0 Å². The number of hydrogen-bond donors (Lipinski definition) is 1. The number of benzene rings is 2. The monoisotopic (exact) mass is 429 g/mol. The van der Waals surface area contributed by atoms with Crippen LogP contribution in [0.2, 0.25) is 0 Å². The SMILES string of the molecule is COc1ccc(C2C3=C(Nc4c2c(=O)n(C)c(=O)n4C)C(=O)c2ccccc2C3=O)cc1. The molecule has 0 fully saturated rings. The van der Waals surface area contributed by atoms with Crippen LogP contribution in [-0.4, -0.2) is 27.8 Å². The van der Waals surface area contributed by atoms with Gasteiger partial charge in [0.2, 0.25) is 5.78 Å². The van der Waals surface area contributed by atoms with Crippen LogP contribution in [0.15, 0.2) is 69.4 Å². The van der Waals surface area contributed by atoms with E-state index in [9.17, 15) is 19.2 Å². The van der Waals surface area contributed by atoms with Crippen molar-refractivity contribution in [3.05, 3.63) is 103 Å². The molecular weight excluding hydrogens is 410 g/mol. The maximum Gasteiger partial charge on any atom is 0.332 e. The molecule has 160 valence electrons. The maximum atomic E-state index is 13.6. The number of ketones is 2. The number of nitrogens with zero attached hydrogens (tertiary/aromatic N) is 2. The lowest BCUT2D eigenvalue weighted by atomic mass is 9.74. The van der Waals surface area contributed by atoms with Gasteiger partial charge in [0.25, 0.3) is 5.56 Å². The Bertz CT molecular complexity index is 1470. The minimum absolute atomic E-state index is 0.0882. The van der Waals surface area contributed by atoms with Gasteiger partial charge in [0.1, 0.15) is 11.6 Å². The van der Waals surface area contributed by atoms with Gasteiger partial charge in [-0.2, -0.15) is 0 Å². The Balaban J connectivity index is 1.86. The molecule has 1 aromatic heterocycles. The van der Waals surface area contributed by atoms with Gasteiger partial charge in [-0.1, -0.05) is 36.4 Å². The van der Waals surface area contributed by atoms with Crippen LogP contribution in [0.5, 0.6) is 5.75 Å². The molecule has 1 N–H and O–H groups in total. The third kappa shape index (κ3) is 2.56. The molecule has 1 aliphatic heterocycles. The van der Waals surface area contributed by atoms with Crippen molar-refractivity contribution in [2.24, 2.45) is 14.1 Å². The highest BCUT2D eigenvalue weighted by Crippen LogP contribution is 2.44. The smallest absolute Gasteiger partial charge is 0.332 e. The van der Waals surface area contributed by atoms with Gasteiger partial charge >= 0.3 is 5.69 Å². The summed E-state index contributed by atoms with van der Waals surface area (Å²) < 4.78 is 7.53. The van der Waals surface area contributed by atoms with E-state index in [4.69, 9.17) is 4.74 Å². The van der Waals surface area contributed by atoms with Crippen LogP contribution in [-0.2, 0) is 14.1 Å². The van der Waals surface area contributed by atoms with Crippen molar-refractivity contribution in [3.63, 3.8) is 0 Å². The van der Waals surface area contributed by atoms with Gasteiger partial charge in [0.15, 0.2) is 5.78 Å². The van der Waals surface area contributed by atoms with Crippen molar-refractivity contribution in [2.45, 2.75) is 5.92 Å². The molecule has 1 atom stereocenters. The zero-order valence-corrected chi connectivity index (χ0v) is 17.6. The van der Waals surface area contributed by atoms with E-state index < -0.39 is 17.2 Å². The number of fused-ring (bicyclic) bond motifs is 2. The molecule has 2 aliphatic rings. The highest BCUT2D eigenvalue weighted by atomic mass is 16.5. The van der Waals surface area contributed by atoms with Crippen molar-refractivity contribution in [1.82, 2.24) is 9.13 Å². The second-order valence-corrected chi connectivity index (χ2v) is 7.79. The number of rotatable bonds is 2. The molecular formula is C24H19N3O5. The number of ether oxygens (including phenoxy) is 1. The number of aromatic nitrogens is 2. The summed E-state index contributed by atoms with van der Waals surface area (Å²) in [6, 6.07) is 13.6. The number of anilines is 1. The first-order chi connectivity index (χ1) is 15.3. The quantitative estimate of drug-likeness (QED) is 0.669. The third-order valence-electron chi connectivity index (χ3n) is 6.13. The third-order valence-corrected chi connectivity index (χ3v) is 6.13. The molecule has 8 heteroatoms. The van der Waals surface area contributed by atoms with E-state index >= 15 is 0 Å². The Kier molecular flexibility index (Phi) is 4.27. The fourth-order valence-electron chi connectivity index (χ4n) is 4.47. The first kappa shape index (κ1) is 19.7. The number of methoxy groups -OCH3 is 1. The number of allylic oxidation sites excluding steroid dienone is 2. The summed E-state index contributed by atoms with van der Waals surface area (Å²) in [5, 5.41) is 2.95. The summed E-state index contributed by atoms with van der Waals surface area (Å²) in [5.74, 6) is -0.694. The van der Waals surface area contributed by atoms with Gasteiger partial charge in [0.05, 0.1) is 18.4 Å². The average Bonchev–Trinajstić information content (AvgIpc) is 2.83. The molecule has 0 bridgehead atoms. The van der Waals surface area contributed by atoms with Crippen molar-refractivity contribution >= 4 is 17.4 Å². The lowest BCUT2D eigenvalue weighted by Crippen LogP contribution is -2.45. The van der Waals surface area contributed by atoms with E-state index in [2.05, 4.69) is 5.32 Å². The first-order valence-corrected chi connectivity index (χ1v) is 9.98. The van der Waals surface area contributed by atoms with Crippen molar-refractivity contribution in [1.29, 1.82) is 0 Å². The Labute approximate surface area is 182 Å². The fourth-order valence-corrected chi connectivity index (χ4v) is 4.47. The molecule has 1 aliphatic carbocycles. The van der Waals surface area contributed by atoms with Crippen molar-refractivity contribution in [2.75, 3.05) is 12.4 Å². The van der Waals surface area contributed by atoms with Crippen LogP contribution in [0.3, 0.4) is 0 Å². The fraction of sp³-hybridized carbons (Fsp3) is 0.167. The van der Waals surface area contributed by atoms with Gasteiger partial charge in [-0.05, 0) is 17.7 Å². The van der Waals surface area contributed by atoms with E-state index in [0.29, 0.717) is 16.9 Å². The molecule has 8 nitrogen and oxygen atoms in total. The topological polar surface area (TPSA) is 99.4 Å². The Morgan fingerprint density at radius 2 is 1.47 bits per heavy atom. The molecule has 5 rings (SSSR count). The molecule has 32 heavy (non-hydrogen) atoms. The summed E-state index contributed by atoms with van der Waals surface area (Å²) in [7, 11) is 4.46. The van der Waals surface area contributed by atoms with Gasteiger partial charge in [-0.25, -0.2) is 4.79 Å². The number of carbonyl (C=O) groups excluding carboxylic acids is 2. The van der Waals surface area contributed by atoms with Gasteiger partial charge in [0, 0.05) is 36.7 Å². The minimum atomic E-state index is -0.831. The molecule has 1 unspecified atom stereocenters. The number of Topliss-reactive ketones (excluding diaryl/α,β-unsaturated/α-hetero) is 2. The van der Waals surface area contributed by atoms with Crippen molar-refractivity contribution in [3.8, 4) is 5.75 Å². The van der Waals surface area contributed by atoms with Gasteiger partial charge in [-0.15, -0.1) is 0 Å². The van der Waals surface area contributed by atoms with Crippen LogP contribution in [0.4, 0.5) is 5.82 Å². The Hall–Kier alpha value is -4.20. The lowest BCUT2D eigenvalue weighted by Gasteiger charge is -2.34. The molecule has 2 aromatic carbocycles. The van der Waals surface area contributed by atoms with E-state index in [1.54, 1.807) is 55.6 Å². The number of carbonyl (C=O) groups is 2. The summed E-state index contributed by atoms with van der Waals surface area (Å²) in [6.45, 7) is 0. The first-order valence-electron chi connectivity index (χ1n) is 9.98. The predicted molar refractivity (Wildman–Crippen MR) is 118 cm³/mol. The molecule has 0 saturated carbocycles. The molecule has 0 amide bonds. The largest absolute Gasteiger partial charge is 0.497 e. The minimum Gasteiger partial charge on any atom is -0.497 e. The van der Waals surface area contributed by atoms with Crippen molar-refractivity contribution < 1.29 is 14.3 Å². The van der Waals surface area contributed by atoms with Gasteiger partial charge in [-0.3, -0.25) is 23.5 Å². The van der Waals surface area contributed by atoms with E-state index in [-0.39, 0.29) is 39.8 Å². The maximum absolute atomic E-state index is 13.6. The summed E-state index contributed by atoms with van der Waals surface area (Å²) >= 11 is 0. The highest BCUT2D eigenvalue weighted by Gasteiger charge is 2.43. The highest BCUT2D eigenvalue weighted by molar-refractivity contribution is 6.29.